The minimum Gasteiger partial charge on any atom is -0.465 e. The molecule has 1 atom stereocenters. The smallest absolute Gasteiger partial charge is 0.407 e. The molecule has 1 unspecified atom stereocenters. The first kappa shape index (κ1) is 19.8. The summed E-state index contributed by atoms with van der Waals surface area (Å²) in [4.78, 5) is 25.0. The van der Waals surface area contributed by atoms with Gasteiger partial charge in [-0.15, -0.1) is 0 Å². The molecule has 1 amide bonds. The first-order chi connectivity index (χ1) is 14.0. The van der Waals surface area contributed by atoms with Crippen molar-refractivity contribution in [2.45, 2.75) is 64.6 Å². The van der Waals surface area contributed by atoms with E-state index in [1.165, 1.54) is 27.3 Å². The molecule has 0 radical (unpaired) electrons. The molecule has 154 valence electrons. The maximum absolute atomic E-state index is 11.4. The van der Waals surface area contributed by atoms with Crippen LogP contribution in [0, 0.1) is 13.8 Å². The van der Waals surface area contributed by atoms with Crippen molar-refractivity contribution in [1.29, 1.82) is 0 Å². The molecule has 2 aromatic heterocycles. The lowest BCUT2D eigenvalue weighted by atomic mass is 9.88. The molecule has 0 aromatic carbocycles. The average Bonchev–Trinajstić information content (AvgIpc) is 2.73. The van der Waals surface area contributed by atoms with Crippen molar-refractivity contribution in [2.75, 3.05) is 13.1 Å². The van der Waals surface area contributed by atoms with Gasteiger partial charge in [0.25, 0.3) is 0 Å². The maximum Gasteiger partial charge on any atom is 0.407 e. The van der Waals surface area contributed by atoms with E-state index in [1.807, 2.05) is 18.5 Å². The van der Waals surface area contributed by atoms with E-state index in [0.29, 0.717) is 19.1 Å². The fourth-order valence-electron chi connectivity index (χ4n) is 4.87. The van der Waals surface area contributed by atoms with Gasteiger partial charge in [0, 0.05) is 38.1 Å². The molecule has 1 N–H and O–H groups in total. The zero-order chi connectivity index (χ0) is 20.4. The number of hydrogen-bond donors (Lipinski definition) is 1. The number of fused-ring (bicyclic) bond motifs is 1. The second-order valence-electron chi connectivity index (χ2n) is 8.41. The van der Waals surface area contributed by atoms with Gasteiger partial charge in [-0.25, -0.2) is 4.79 Å². The zero-order valence-corrected chi connectivity index (χ0v) is 17.3. The maximum atomic E-state index is 11.4. The Balaban J connectivity index is 1.64. The van der Waals surface area contributed by atoms with Crippen molar-refractivity contribution < 1.29 is 9.90 Å². The molecular formula is C23H30N4O2. The summed E-state index contributed by atoms with van der Waals surface area (Å²) in [5.41, 5.74) is 6.06. The van der Waals surface area contributed by atoms with Gasteiger partial charge in [-0.05, 0) is 68.7 Å². The minimum atomic E-state index is -0.810. The fraction of sp³-hybridized carbons (Fsp3) is 0.522. The summed E-state index contributed by atoms with van der Waals surface area (Å²) in [6.07, 6.45) is 8.09. The number of amides is 1. The first-order valence-corrected chi connectivity index (χ1v) is 10.6. The summed E-state index contributed by atoms with van der Waals surface area (Å²) in [5.74, 6) is 0. The highest BCUT2D eigenvalue weighted by Crippen LogP contribution is 2.37. The van der Waals surface area contributed by atoms with Gasteiger partial charge in [0.15, 0.2) is 0 Å². The summed E-state index contributed by atoms with van der Waals surface area (Å²) < 4.78 is 0. The van der Waals surface area contributed by atoms with E-state index in [-0.39, 0.29) is 6.04 Å². The van der Waals surface area contributed by atoms with Crippen LogP contribution in [0.1, 0.15) is 59.8 Å². The Bertz CT molecular complexity index is 877. The van der Waals surface area contributed by atoms with E-state index in [9.17, 15) is 9.90 Å². The fourth-order valence-corrected chi connectivity index (χ4v) is 4.87. The van der Waals surface area contributed by atoms with Crippen LogP contribution in [-0.2, 0) is 13.0 Å². The number of carbonyl (C=O) groups is 1. The summed E-state index contributed by atoms with van der Waals surface area (Å²) in [7, 11) is 0. The second kappa shape index (κ2) is 8.49. The van der Waals surface area contributed by atoms with Crippen molar-refractivity contribution >= 4 is 6.09 Å². The van der Waals surface area contributed by atoms with Gasteiger partial charge < -0.3 is 10.0 Å². The highest BCUT2D eigenvalue weighted by atomic mass is 16.4. The lowest BCUT2D eigenvalue weighted by Crippen LogP contribution is -2.48. The second-order valence-corrected chi connectivity index (χ2v) is 8.41. The highest BCUT2D eigenvalue weighted by molar-refractivity contribution is 5.65. The normalized spacial score (nSPS) is 20.0. The van der Waals surface area contributed by atoms with Crippen LogP contribution in [0.5, 0.6) is 0 Å². The number of likely N-dealkylation sites (tertiary alicyclic amines) is 1. The molecule has 0 spiro atoms. The van der Waals surface area contributed by atoms with Crippen molar-refractivity contribution in [3.05, 3.63) is 58.7 Å². The van der Waals surface area contributed by atoms with E-state index in [0.717, 1.165) is 44.3 Å². The monoisotopic (exact) mass is 394 g/mol. The van der Waals surface area contributed by atoms with E-state index in [4.69, 9.17) is 9.97 Å². The molecule has 2 aromatic rings. The van der Waals surface area contributed by atoms with Gasteiger partial charge in [0.1, 0.15) is 0 Å². The topological polar surface area (TPSA) is 69.6 Å². The van der Waals surface area contributed by atoms with Crippen molar-refractivity contribution in [3.8, 4) is 0 Å². The Hall–Kier alpha value is -2.47. The number of aryl methyl sites for hydroxylation is 3. The Labute approximate surface area is 172 Å². The van der Waals surface area contributed by atoms with Gasteiger partial charge >= 0.3 is 6.09 Å². The van der Waals surface area contributed by atoms with Crippen LogP contribution in [0.4, 0.5) is 4.79 Å². The van der Waals surface area contributed by atoms with Gasteiger partial charge in [-0.1, -0.05) is 12.1 Å². The van der Waals surface area contributed by atoms with E-state index in [1.54, 1.807) is 0 Å². The molecule has 2 aliphatic rings. The van der Waals surface area contributed by atoms with Crippen molar-refractivity contribution in [3.63, 3.8) is 0 Å². The van der Waals surface area contributed by atoms with Crippen molar-refractivity contribution in [2.24, 2.45) is 0 Å². The van der Waals surface area contributed by atoms with Crippen molar-refractivity contribution in [1.82, 2.24) is 19.8 Å². The van der Waals surface area contributed by atoms with Gasteiger partial charge in [0.05, 0.1) is 17.4 Å². The van der Waals surface area contributed by atoms with E-state index >= 15 is 0 Å². The molecule has 29 heavy (non-hydrogen) atoms. The van der Waals surface area contributed by atoms with Crippen LogP contribution in [0.2, 0.25) is 0 Å². The van der Waals surface area contributed by atoms with Gasteiger partial charge in [-0.2, -0.15) is 0 Å². The molecule has 0 saturated carbocycles. The Morgan fingerprint density at radius 3 is 2.76 bits per heavy atom. The lowest BCUT2D eigenvalue weighted by Gasteiger charge is -2.43. The Morgan fingerprint density at radius 2 is 2.03 bits per heavy atom. The molecule has 4 rings (SSSR count). The number of pyridine rings is 2. The quantitative estimate of drug-likeness (QED) is 0.845. The minimum absolute atomic E-state index is 0.267. The number of rotatable bonds is 4. The number of carboxylic acid groups (broad SMARTS) is 1. The van der Waals surface area contributed by atoms with Crippen LogP contribution in [0.3, 0.4) is 0 Å². The largest absolute Gasteiger partial charge is 0.465 e. The molecule has 6 heteroatoms. The highest BCUT2D eigenvalue weighted by Gasteiger charge is 2.35. The molecule has 3 heterocycles. The van der Waals surface area contributed by atoms with Crippen LogP contribution in [-0.4, -0.2) is 50.1 Å². The zero-order valence-electron chi connectivity index (χ0n) is 17.3. The number of piperidine rings is 1. The molecular weight excluding hydrogens is 364 g/mol. The molecule has 1 aliphatic carbocycles. The average molecular weight is 395 g/mol. The molecule has 1 aliphatic heterocycles. The third-order valence-electron chi connectivity index (χ3n) is 6.43. The first-order valence-electron chi connectivity index (χ1n) is 10.6. The lowest BCUT2D eigenvalue weighted by molar-refractivity contribution is 0.0549. The third-order valence-corrected chi connectivity index (χ3v) is 6.43. The van der Waals surface area contributed by atoms with Gasteiger partial charge in [-0.3, -0.25) is 14.9 Å². The SMILES string of the molecule is Cc1cnc(CN(C2CCN(C(=O)O)CC2)C2CCCc3cccnc32)c(C)c1. The van der Waals surface area contributed by atoms with Crippen LogP contribution < -0.4 is 0 Å². The number of aromatic nitrogens is 2. The molecule has 6 nitrogen and oxygen atoms in total. The summed E-state index contributed by atoms with van der Waals surface area (Å²) in [5, 5.41) is 9.33. The van der Waals surface area contributed by atoms with Crippen LogP contribution in [0.25, 0.3) is 0 Å². The van der Waals surface area contributed by atoms with Crippen LogP contribution in [0.15, 0.2) is 30.6 Å². The van der Waals surface area contributed by atoms with E-state index in [2.05, 4.69) is 30.9 Å². The Kier molecular flexibility index (Phi) is 5.81. The molecule has 0 bridgehead atoms. The number of hydrogen-bond acceptors (Lipinski definition) is 4. The molecule has 1 fully saturated rings. The molecule has 1 saturated heterocycles. The summed E-state index contributed by atoms with van der Waals surface area (Å²) in [6.45, 7) is 6.18. The van der Waals surface area contributed by atoms with Gasteiger partial charge in [0.2, 0.25) is 0 Å². The summed E-state index contributed by atoms with van der Waals surface area (Å²) in [6, 6.07) is 7.04. The predicted molar refractivity (Wildman–Crippen MR) is 112 cm³/mol. The van der Waals surface area contributed by atoms with E-state index < -0.39 is 6.09 Å². The Morgan fingerprint density at radius 1 is 1.24 bits per heavy atom. The predicted octanol–water partition coefficient (Wildman–Crippen LogP) is 4.12. The number of nitrogens with zero attached hydrogens (tertiary/aromatic N) is 4. The standard InChI is InChI=1S/C23H30N4O2/c1-16-13-17(2)20(25-14-16)15-27(19-8-11-26(12-9-19)23(28)29)21-7-3-5-18-6-4-10-24-22(18)21/h4,6,10,13-14,19,21H,3,5,7-9,11-12,15H2,1-2H3,(H,28,29). The third kappa shape index (κ3) is 4.27. The van der Waals surface area contributed by atoms with Crippen LogP contribution >= 0.6 is 0 Å². The summed E-state index contributed by atoms with van der Waals surface area (Å²) >= 11 is 0.